The molecule has 0 aliphatic carbocycles. The van der Waals surface area contributed by atoms with E-state index in [1.165, 1.54) is 42.6 Å². The number of hydrogen-bond donors (Lipinski definition) is 2. The van der Waals surface area contributed by atoms with Gasteiger partial charge in [-0.05, 0) is 62.9 Å². The van der Waals surface area contributed by atoms with Gasteiger partial charge >= 0.3 is 0 Å². The van der Waals surface area contributed by atoms with E-state index in [1.807, 2.05) is 0 Å². The quantitative estimate of drug-likeness (QED) is 0.812. The molecule has 0 aromatic heterocycles. The summed E-state index contributed by atoms with van der Waals surface area (Å²) in [5, 5.41) is 7.04. The van der Waals surface area contributed by atoms with Crippen LogP contribution in [0, 0.1) is 13.8 Å². The minimum atomic E-state index is 0.735. The van der Waals surface area contributed by atoms with Crippen LogP contribution in [0.15, 0.2) is 18.2 Å². The molecule has 1 aliphatic heterocycles. The van der Waals surface area contributed by atoms with Crippen molar-refractivity contribution in [3.05, 3.63) is 29.3 Å². The fourth-order valence-electron chi connectivity index (χ4n) is 2.47. The molecule has 0 radical (unpaired) electrons. The summed E-state index contributed by atoms with van der Waals surface area (Å²) in [6.45, 7) is 6.57. The summed E-state index contributed by atoms with van der Waals surface area (Å²) in [7, 11) is 0. The van der Waals surface area contributed by atoms with E-state index in [1.54, 1.807) is 0 Å². The number of aryl methyl sites for hydroxylation is 2. The van der Waals surface area contributed by atoms with Gasteiger partial charge in [0.25, 0.3) is 0 Å². The van der Waals surface area contributed by atoms with Crippen molar-refractivity contribution in [2.75, 3.05) is 18.4 Å². The highest BCUT2D eigenvalue weighted by Gasteiger charge is 2.12. The Morgan fingerprint density at radius 3 is 2.62 bits per heavy atom. The highest BCUT2D eigenvalue weighted by atomic mass is 14.9. The van der Waals surface area contributed by atoms with E-state index in [9.17, 15) is 0 Å². The summed E-state index contributed by atoms with van der Waals surface area (Å²) in [6.07, 6.45) is 3.91. The standard InChI is InChI=1S/C14H22N2/c1-11-8-12(2)10-14(9-11)16-7-5-13-4-3-6-15-13/h8-10,13,15-16H,3-7H2,1-2H3. The first-order valence-corrected chi connectivity index (χ1v) is 6.29. The average Bonchev–Trinajstić information content (AvgIpc) is 2.69. The van der Waals surface area contributed by atoms with Crippen LogP contribution in [-0.4, -0.2) is 19.1 Å². The summed E-state index contributed by atoms with van der Waals surface area (Å²) < 4.78 is 0. The molecule has 1 heterocycles. The Bertz CT molecular complexity index is 320. The smallest absolute Gasteiger partial charge is 0.0345 e. The average molecular weight is 218 g/mol. The maximum Gasteiger partial charge on any atom is 0.0345 e. The normalized spacial score (nSPS) is 20.0. The third kappa shape index (κ3) is 3.24. The van der Waals surface area contributed by atoms with E-state index in [0.29, 0.717) is 0 Å². The maximum absolute atomic E-state index is 3.53. The summed E-state index contributed by atoms with van der Waals surface area (Å²) >= 11 is 0. The Kier molecular flexibility index (Phi) is 3.83. The lowest BCUT2D eigenvalue weighted by molar-refractivity contribution is 0.574. The Morgan fingerprint density at radius 1 is 1.25 bits per heavy atom. The van der Waals surface area contributed by atoms with Crippen LogP contribution in [0.4, 0.5) is 5.69 Å². The predicted octanol–water partition coefficient (Wildman–Crippen LogP) is 2.86. The van der Waals surface area contributed by atoms with Gasteiger partial charge < -0.3 is 10.6 Å². The molecule has 0 saturated carbocycles. The molecule has 88 valence electrons. The van der Waals surface area contributed by atoms with Gasteiger partial charge in [-0.25, -0.2) is 0 Å². The van der Waals surface area contributed by atoms with Crippen molar-refractivity contribution >= 4 is 5.69 Å². The molecular formula is C14H22N2. The lowest BCUT2D eigenvalue weighted by Gasteiger charge is -2.12. The van der Waals surface area contributed by atoms with Crippen LogP contribution < -0.4 is 10.6 Å². The summed E-state index contributed by atoms with van der Waals surface area (Å²) in [5.41, 5.74) is 3.93. The van der Waals surface area contributed by atoms with Crippen molar-refractivity contribution in [2.24, 2.45) is 0 Å². The SMILES string of the molecule is Cc1cc(C)cc(NCCC2CCCN2)c1. The first-order valence-electron chi connectivity index (χ1n) is 6.29. The number of rotatable bonds is 4. The van der Waals surface area contributed by atoms with Gasteiger partial charge in [-0.2, -0.15) is 0 Å². The van der Waals surface area contributed by atoms with Crippen molar-refractivity contribution in [3.8, 4) is 0 Å². The molecule has 1 unspecified atom stereocenters. The van der Waals surface area contributed by atoms with Crippen LogP contribution in [0.25, 0.3) is 0 Å². The first kappa shape index (κ1) is 11.5. The van der Waals surface area contributed by atoms with E-state index < -0.39 is 0 Å². The van der Waals surface area contributed by atoms with Gasteiger partial charge in [-0.15, -0.1) is 0 Å². The van der Waals surface area contributed by atoms with Crippen molar-refractivity contribution in [2.45, 2.75) is 39.2 Å². The van der Waals surface area contributed by atoms with Gasteiger partial charge in [0.05, 0.1) is 0 Å². The Labute approximate surface area is 98.4 Å². The molecule has 1 aromatic carbocycles. The third-order valence-corrected chi connectivity index (χ3v) is 3.21. The first-order chi connectivity index (χ1) is 7.74. The van der Waals surface area contributed by atoms with Gasteiger partial charge in [0.15, 0.2) is 0 Å². The molecule has 1 atom stereocenters. The van der Waals surface area contributed by atoms with Crippen LogP contribution in [0.3, 0.4) is 0 Å². The second-order valence-electron chi connectivity index (χ2n) is 4.89. The highest BCUT2D eigenvalue weighted by Crippen LogP contribution is 2.14. The lowest BCUT2D eigenvalue weighted by Crippen LogP contribution is -2.24. The largest absolute Gasteiger partial charge is 0.385 e. The van der Waals surface area contributed by atoms with Crippen LogP contribution in [-0.2, 0) is 0 Å². The van der Waals surface area contributed by atoms with E-state index in [-0.39, 0.29) is 0 Å². The minimum absolute atomic E-state index is 0.735. The zero-order valence-electron chi connectivity index (χ0n) is 10.3. The van der Waals surface area contributed by atoms with Crippen LogP contribution >= 0.6 is 0 Å². The monoisotopic (exact) mass is 218 g/mol. The van der Waals surface area contributed by atoms with Crippen molar-refractivity contribution < 1.29 is 0 Å². The molecule has 1 fully saturated rings. The topological polar surface area (TPSA) is 24.1 Å². The molecule has 1 aromatic rings. The molecule has 2 nitrogen and oxygen atoms in total. The van der Waals surface area contributed by atoms with Gasteiger partial charge in [0.1, 0.15) is 0 Å². The van der Waals surface area contributed by atoms with Gasteiger partial charge in [0.2, 0.25) is 0 Å². The number of hydrogen-bond acceptors (Lipinski definition) is 2. The molecule has 2 heteroatoms. The molecular weight excluding hydrogens is 196 g/mol. The highest BCUT2D eigenvalue weighted by molar-refractivity contribution is 5.48. The van der Waals surface area contributed by atoms with E-state index in [4.69, 9.17) is 0 Å². The second-order valence-corrected chi connectivity index (χ2v) is 4.89. The Morgan fingerprint density at radius 2 is 2.00 bits per heavy atom. The van der Waals surface area contributed by atoms with Gasteiger partial charge in [-0.3, -0.25) is 0 Å². The molecule has 2 rings (SSSR count). The van der Waals surface area contributed by atoms with E-state index in [0.717, 1.165) is 12.6 Å². The molecule has 1 aliphatic rings. The lowest BCUT2D eigenvalue weighted by atomic mass is 10.1. The number of anilines is 1. The van der Waals surface area contributed by atoms with E-state index >= 15 is 0 Å². The fourth-order valence-corrected chi connectivity index (χ4v) is 2.47. The molecule has 0 spiro atoms. The van der Waals surface area contributed by atoms with Crippen molar-refractivity contribution in [1.82, 2.24) is 5.32 Å². The Balaban J connectivity index is 1.80. The predicted molar refractivity (Wildman–Crippen MR) is 70.0 cm³/mol. The molecule has 16 heavy (non-hydrogen) atoms. The number of benzene rings is 1. The van der Waals surface area contributed by atoms with E-state index in [2.05, 4.69) is 42.7 Å². The molecule has 0 bridgehead atoms. The van der Waals surface area contributed by atoms with Crippen molar-refractivity contribution in [3.63, 3.8) is 0 Å². The van der Waals surface area contributed by atoms with Crippen LogP contribution in [0.5, 0.6) is 0 Å². The van der Waals surface area contributed by atoms with Gasteiger partial charge in [-0.1, -0.05) is 6.07 Å². The zero-order chi connectivity index (χ0) is 11.4. The number of nitrogens with one attached hydrogen (secondary N) is 2. The minimum Gasteiger partial charge on any atom is -0.385 e. The molecule has 2 N–H and O–H groups in total. The third-order valence-electron chi connectivity index (χ3n) is 3.21. The van der Waals surface area contributed by atoms with Crippen molar-refractivity contribution in [1.29, 1.82) is 0 Å². The second kappa shape index (κ2) is 5.35. The molecule has 0 amide bonds. The maximum atomic E-state index is 3.53. The summed E-state index contributed by atoms with van der Waals surface area (Å²) in [6, 6.07) is 7.38. The zero-order valence-corrected chi connectivity index (χ0v) is 10.3. The summed E-state index contributed by atoms with van der Waals surface area (Å²) in [5.74, 6) is 0. The fraction of sp³-hybridized carbons (Fsp3) is 0.571. The van der Waals surface area contributed by atoms with Gasteiger partial charge in [0, 0.05) is 18.3 Å². The molecule has 1 saturated heterocycles. The summed E-state index contributed by atoms with van der Waals surface area (Å²) in [4.78, 5) is 0. The Hall–Kier alpha value is -1.02. The van der Waals surface area contributed by atoms with Crippen LogP contribution in [0.2, 0.25) is 0 Å². The van der Waals surface area contributed by atoms with Crippen LogP contribution in [0.1, 0.15) is 30.4 Å².